The molecule has 2 aliphatic rings. The Morgan fingerprint density at radius 3 is 2.68 bits per heavy atom. The molecule has 2 atom stereocenters. The molecule has 6 nitrogen and oxygen atoms in total. The number of amidine groups is 1. The lowest BCUT2D eigenvalue weighted by molar-refractivity contribution is 0.0480. The predicted octanol–water partition coefficient (Wildman–Crippen LogP) is 0.827. The normalized spacial score (nSPS) is 28.2. The van der Waals surface area contributed by atoms with Crippen LogP contribution < -0.4 is 11.5 Å². The van der Waals surface area contributed by atoms with E-state index in [4.69, 9.17) is 16.2 Å². The van der Waals surface area contributed by atoms with Gasteiger partial charge >= 0.3 is 6.09 Å². The molecule has 106 valence electrons. The second kappa shape index (κ2) is 5.95. The molecule has 0 bridgehead atoms. The molecule has 0 radical (unpaired) electrons. The van der Waals surface area contributed by atoms with Gasteiger partial charge in [0.05, 0.1) is 0 Å². The van der Waals surface area contributed by atoms with Crippen molar-refractivity contribution in [3.8, 4) is 0 Å². The number of allylic oxidation sites excluding steroid dienone is 1. The van der Waals surface area contributed by atoms with Crippen LogP contribution in [0.3, 0.4) is 0 Å². The van der Waals surface area contributed by atoms with Crippen LogP contribution in [0, 0.1) is 5.92 Å². The maximum absolute atomic E-state index is 11.7. The van der Waals surface area contributed by atoms with E-state index in [0.717, 1.165) is 44.5 Å². The summed E-state index contributed by atoms with van der Waals surface area (Å²) in [6, 6.07) is 0. The predicted molar refractivity (Wildman–Crippen MR) is 73.6 cm³/mol. The van der Waals surface area contributed by atoms with E-state index in [9.17, 15) is 4.79 Å². The number of nitrogens with zero attached hydrogens (tertiary/aromatic N) is 2. The molecule has 2 fully saturated rings. The molecule has 0 aromatic carbocycles. The van der Waals surface area contributed by atoms with Crippen molar-refractivity contribution in [3.05, 3.63) is 11.8 Å². The molecule has 1 amide bonds. The second-order valence-corrected chi connectivity index (χ2v) is 5.15. The number of amides is 1. The van der Waals surface area contributed by atoms with E-state index < -0.39 is 0 Å². The summed E-state index contributed by atoms with van der Waals surface area (Å²) >= 11 is 0. The van der Waals surface area contributed by atoms with Crippen LogP contribution in [-0.2, 0) is 4.74 Å². The minimum Gasteiger partial charge on any atom is -0.446 e. The average molecular weight is 266 g/mol. The van der Waals surface area contributed by atoms with Gasteiger partial charge < -0.3 is 21.1 Å². The van der Waals surface area contributed by atoms with Crippen LogP contribution in [0.1, 0.15) is 25.7 Å². The van der Waals surface area contributed by atoms with Crippen molar-refractivity contribution in [2.45, 2.75) is 31.8 Å². The number of aliphatic imine (C=N–C) groups is 1. The number of ether oxygens (including phenoxy) is 1. The van der Waals surface area contributed by atoms with Gasteiger partial charge in [-0.25, -0.2) is 4.79 Å². The van der Waals surface area contributed by atoms with Crippen molar-refractivity contribution < 1.29 is 9.53 Å². The van der Waals surface area contributed by atoms with E-state index in [0.29, 0.717) is 5.84 Å². The Kier molecular flexibility index (Phi) is 4.29. The molecule has 0 aromatic heterocycles. The number of hydrogen-bond donors (Lipinski definition) is 2. The summed E-state index contributed by atoms with van der Waals surface area (Å²) in [5.74, 6) is 0.660. The molecule has 19 heavy (non-hydrogen) atoms. The van der Waals surface area contributed by atoms with Crippen molar-refractivity contribution in [2.75, 3.05) is 20.1 Å². The lowest BCUT2D eigenvalue weighted by atomic mass is 10.0. The molecule has 4 N–H and O–H groups in total. The summed E-state index contributed by atoms with van der Waals surface area (Å²) < 4.78 is 5.47. The highest BCUT2D eigenvalue weighted by atomic mass is 16.6. The molecule has 6 heteroatoms. The first kappa shape index (κ1) is 13.7. The van der Waals surface area contributed by atoms with Crippen molar-refractivity contribution in [1.29, 1.82) is 0 Å². The number of rotatable bonds is 3. The lowest BCUT2D eigenvalue weighted by Gasteiger charge is -2.31. The van der Waals surface area contributed by atoms with Gasteiger partial charge in [-0.05, 0) is 31.8 Å². The summed E-state index contributed by atoms with van der Waals surface area (Å²) in [6.07, 6.45) is 5.13. The third-order valence-electron chi connectivity index (χ3n) is 3.81. The molecular formula is C13H22N4O2. The van der Waals surface area contributed by atoms with E-state index in [1.807, 2.05) is 0 Å². The van der Waals surface area contributed by atoms with E-state index in [1.54, 1.807) is 18.0 Å². The van der Waals surface area contributed by atoms with E-state index in [2.05, 4.69) is 4.99 Å². The summed E-state index contributed by atoms with van der Waals surface area (Å²) in [7, 11) is 1.63. The van der Waals surface area contributed by atoms with Crippen molar-refractivity contribution in [1.82, 2.24) is 4.90 Å². The van der Waals surface area contributed by atoms with Crippen LogP contribution in [0.5, 0.6) is 0 Å². The maximum Gasteiger partial charge on any atom is 0.410 e. The van der Waals surface area contributed by atoms with Crippen LogP contribution in [0.4, 0.5) is 4.79 Å². The Bertz CT molecular complexity index is 401. The van der Waals surface area contributed by atoms with Crippen molar-refractivity contribution in [3.63, 3.8) is 0 Å². The summed E-state index contributed by atoms with van der Waals surface area (Å²) in [4.78, 5) is 17.3. The summed E-state index contributed by atoms with van der Waals surface area (Å²) in [5, 5.41) is 0. The third-order valence-corrected chi connectivity index (χ3v) is 3.81. The monoisotopic (exact) mass is 266 g/mol. The smallest absolute Gasteiger partial charge is 0.410 e. The highest BCUT2D eigenvalue weighted by Gasteiger charge is 2.31. The molecule has 1 aliphatic heterocycles. The van der Waals surface area contributed by atoms with E-state index in [1.165, 1.54) is 0 Å². The zero-order valence-electron chi connectivity index (χ0n) is 11.3. The van der Waals surface area contributed by atoms with Gasteiger partial charge in [-0.3, -0.25) is 4.99 Å². The Balaban J connectivity index is 1.82. The number of hydrogen-bond acceptors (Lipinski definition) is 4. The molecule has 2 rings (SSSR count). The van der Waals surface area contributed by atoms with Gasteiger partial charge in [-0.1, -0.05) is 0 Å². The Morgan fingerprint density at radius 2 is 2.11 bits per heavy atom. The van der Waals surface area contributed by atoms with Crippen LogP contribution >= 0.6 is 0 Å². The first-order valence-electron chi connectivity index (χ1n) is 6.75. The minimum absolute atomic E-state index is 0.0233. The largest absolute Gasteiger partial charge is 0.446 e. The van der Waals surface area contributed by atoms with Crippen molar-refractivity contribution in [2.24, 2.45) is 22.4 Å². The molecule has 1 heterocycles. The highest BCUT2D eigenvalue weighted by molar-refractivity contribution is 5.91. The summed E-state index contributed by atoms with van der Waals surface area (Å²) in [6.45, 7) is 1.64. The fraction of sp³-hybridized carbons (Fsp3) is 0.692. The standard InChI is InChI=1S/C13H22N4O2/c1-16-12(15)8-11(14)9-3-4-10(7-9)19-13(18)17-5-2-6-17/h8-10H,2-7,14H2,1H3,(H2,15,16)/b11-8-/t9-,10+/m1/s1. The zero-order valence-corrected chi connectivity index (χ0v) is 11.3. The molecule has 1 aliphatic carbocycles. The maximum atomic E-state index is 11.7. The molecular weight excluding hydrogens is 244 g/mol. The van der Waals surface area contributed by atoms with E-state index in [-0.39, 0.29) is 18.1 Å². The van der Waals surface area contributed by atoms with Crippen molar-refractivity contribution >= 4 is 11.9 Å². The Hall–Kier alpha value is -1.72. The Labute approximate surface area is 113 Å². The highest BCUT2D eigenvalue weighted by Crippen LogP contribution is 2.31. The minimum atomic E-state index is -0.186. The fourth-order valence-electron chi connectivity index (χ4n) is 2.42. The number of carbonyl (C=O) groups is 1. The lowest BCUT2D eigenvalue weighted by Crippen LogP contribution is -2.43. The van der Waals surface area contributed by atoms with Gasteiger partial charge in [0.2, 0.25) is 0 Å². The molecule has 1 saturated heterocycles. The topological polar surface area (TPSA) is 93.9 Å². The molecule has 0 aromatic rings. The van der Waals surface area contributed by atoms with Gasteiger partial charge in [0.15, 0.2) is 0 Å². The van der Waals surface area contributed by atoms with E-state index >= 15 is 0 Å². The van der Waals surface area contributed by atoms with Gasteiger partial charge in [-0.15, -0.1) is 0 Å². The number of likely N-dealkylation sites (tertiary alicyclic amines) is 1. The van der Waals surface area contributed by atoms with Gasteiger partial charge in [-0.2, -0.15) is 0 Å². The first-order valence-corrected chi connectivity index (χ1v) is 6.75. The first-order chi connectivity index (χ1) is 9.10. The molecule has 1 saturated carbocycles. The zero-order chi connectivity index (χ0) is 13.8. The van der Waals surface area contributed by atoms with Crippen LogP contribution in [-0.4, -0.2) is 43.1 Å². The third kappa shape index (κ3) is 3.39. The van der Waals surface area contributed by atoms with Crippen LogP contribution in [0.25, 0.3) is 0 Å². The number of carbonyl (C=O) groups excluding carboxylic acids is 1. The van der Waals surface area contributed by atoms with Gasteiger partial charge in [0.25, 0.3) is 0 Å². The van der Waals surface area contributed by atoms with Crippen LogP contribution in [0.2, 0.25) is 0 Å². The second-order valence-electron chi connectivity index (χ2n) is 5.15. The van der Waals surface area contributed by atoms with Gasteiger partial charge in [0, 0.05) is 31.8 Å². The average Bonchev–Trinajstić information content (AvgIpc) is 2.74. The quantitative estimate of drug-likeness (QED) is 0.584. The summed E-state index contributed by atoms with van der Waals surface area (Å²) in [5.41, 5.74) is 12.3. The Morgan fingerprint density at radius 1 is 1.37 bits per heavy atom. The fourth-order valence-corrected chi connectivity index (χ4v) is 2.42. The molecule has 0 spiro atoms. The van der Waals surface area contributed by atoms with Gasteiger partial charge in [0.1, 0.15) is 11.9 Å². The number of nitrogens with two attached hydrogens (primary N) is 2. The molecule has 0 unspecified atom stereocenters. The SMILES string of the molecule is CN=C(N)/C=C(\N)[C@@H]1CC[C@H](OC(=O)N2CCC2)C1. The van der Waals surface area contributed by atoms with Crippen LogP contribution in [0.15, 0.2) is 16.8 Å².